The van der Waals surface area contributed by atoms with Crippen molar-refractivity contribution in [2.24, 2.45) is 11.1 Å². The molecule has 3 heteroatoms. The van der Waals surface area contributed by atoms with Crippen LogP contribution >= 0.6 is 0 Å². The van der Waals surface area contributed by atoms with Crippen molar-refractivity contribution in [2.45, 2.75) is 64.1 Å². The van der Waals surface area contributed by atoms with Crippen LogP contribution in [0.4, 0.5) is 0 Å². The molecule has 3 atom stereocenters. The van der Waals surface area contributed by atoms with Gasteiger partial charge in [0.2, 0.25) is 0 Å². The van der Waals surface area contributed by atoms with Gasteiger partial charge in [0.1, 0.15) is 0 Å². The first-order chi connectivity index (χ1) is 8.39. The van der Waals surface area contributed by atoms with Crippen molar-refractivity contribution in [3.05, 3.63) is 0 Å². The fourth-order valence-corrected chi connectivity index (χ4v) is 3.68. The number of hydrogen-bond donors (Lipinski definition) is 1. The lowest BCUT2D eigenvalue weighted by Gasteiger charge is -2.48. The summed E-state index contributed by atoms with van der Waals surface area (Å²) in [5.41, 5.74) is 6.87. The smallest absolute Gasteiger partial charge is 0.0252 e. The normalized spacial score (nSPS) is 38.0. The molecule has 106 valence electrons. The van der Waals surface area contributed by atoms with Crippen LogP contribution in [-0.4, -0.2) is 55.1 Å². The van der Waals surface area contributed by atoms with E-state index >= 15 is 0 Å². The van der Waals surface area contributed by atoms with E-state index in [0.717, 1.165) is 6.04 Å². The van der Waals surface area contributed by atoms with Gasteiger partial charge in [0.25, 0.3) is 0 Å². The summed E-state index contributed by atoms with van der Waals surface area (Å²) in [5.74, 6) is 0. The minimum atomic E-state index is 0.388. The third-order valence-electron chi connectivity index (χ3n) is 5.04. The van der Waals surface area contributed by atoms with Crippen molar-refractivity contribution in [3.8, 4) is 0 Å². The lowest BCUT2D eigenvalue weighted by atomic mass is 9.72. The van der Waals surface area contributed by atoms with E-state index in [1.807, 2.05) is 0 Å². The van der Waals surface area contributed by atoms with Crippen LogP contribution in [0.1, 0.15) is 46.0 Å². The molecule has 0 radical (unpaired) electrons. The Balaban J connectivity index is 2.00. The zero-order valence-electron chi connectivity index (χ0n) is 12.7. The Labute approximate surface area is 113 Å². The quantitative estimate of drug-likeness (QED) is 0.816. The second-order valence-corrected chi connectivity index (χ2v) is 7.39. The molecule has 3 nitrogen and oxygen atoms in total. The third kappa shape index (κ3) is 3.25. The summed E-state index contributed by atoms with van der Waals surface area (Å²) in [6.07, 6.45) is 6.42. The van der Waals surface area contributed by atoms with Gasteiger partial charge in [-0.25, -0.2) is 0 Å². The largest absolute Gasteiger partial charge is 0.326 e. The van der Waals surface area contributed by atoms with E-state index in [4.69, 9.17) is 5.73 Å². The molecule has 1 heterocycles. The van der Waals surface area contributed by atoms with E-state index in [9.17, 15) is 0 Å². The number of likely N-dealkylation sites (N-methyl/N-ethyl adjacent to an activating group) is 1. The highest BCUT2D eigenvalue weighted by molar-refractivity contribution is 4.95. The second-order valence-electron chi connectivity index (χ2n) is 7.39. The molecule has 18 heavy (non-hydrogen) atoms. The Bertz CT molecular complexity index is 275. The third-order valence-corrected chi connectivity index (χ3v) is 5.04. The summed E-state index contributed by atoms with van der Waals surface area (Å²) >= 11 is 0. The number of hydrogen-bond acceptors (Lipinski definition) is 3. The van der Waals surface area contributed by atoms with Crippen LogP contribution in [0.15, 0.2) is 0 Å². The summed E-state index contributed by atoms with van der Waals surface area (Å²) in [4.78, 5) is 5.06. The number of nitrogens with zero attached hydrogens (tertiary/aromatic N) is 2. The molecule has 3 unspecified atom stereocenters. The van der Waals surface area contributed by atoms with Crippen molar-refractivity contribution in [2.75, 3.05) is 27.2 Å². The second kappa shape index (κ2) is 5.48. The van der Waals surface area contributed by atoms with E-state index < -0.39 is 0 Å². The molecule has 0 amide bonds. The molecule has 0 aromatic carbocycles. The van der Waals surface area contributed by atoms with Gasteiger partial charge in [-0.15, -0.1) is 0 Å². The monoisotopic (exact) mass is 253 g/mol. The van der Waals surface area contributed by atoms with Crippen LogP contribution in [0.5, 0.6) is 0 Å². The maximum atomic E-state index is 6.40. The molecule has 0 spiro atoms. The van der Waals surface area contributed by atoms with Crippen LogP contribution in [-0.2, 0) is 0 Å². The van der Waals surface area contributed by atoms with E-state index in [1.54, 1.807) is 0 Å². The van der Waals surface area contributed by atoms with Crippen LogP contribution < -0.4 is 5.73 Å². The number of piperidine rings is 1. The average Bonchev–Trinajstić information content (AvgIpc) is 2.32. The first-order valence-electron chi connectivity index (χ1n) is 7.55. The number of rotatable bonds is 2. The Morgan fingerprint density at radius 3 is 2.61 bits per heavy atom. The zero-order chi connectivity index (χ0) is 13.3. The Kier molecular flexibility index (Phi) is 4.35. The predicted octanol–water partition coefficient (Wildman–Crippen LogP) is 1.92. The van der Waals surface area contributed by atoms with Gasteiger partial charge in [0.05, 0.1) is 0 Å². The summed E-state index contributed by atoms with van der Waals surface area (Å²) in [5, 5.41) is 0. The summed E-state index contributed by atoms with van der Waals surface area (Å²) in [6.45, 7) is 7.26. The van der Waals surface area contributed by atoms with Gasteiger partial charge in [-0.2, -0.15) is 0 Å². The van der Waals surface area contributed by atoms with Crippen LogP contribution in [0.2, 0.25) is 0 Å². The van der Waals surface area contributed by atoms with Crippen LogP contribution in [0.3, 0.4) is 0 Å². The minimum Gasteiger partial charge on any atom is -0.326 e. The molecule has 1 saturated heterocycles. The molecule has 0 aromatic heterocycles. The average molecular weight is 253 g/mol. The fourth-order valence-electron chi connectivity index (χ4n) is 3.68. The molecule has 2 rings (SSSR count). The van der Waals surface area contributed by atoms with Gasteiger partial charge in [-0.3, -0.25) is 4.90 Å². The molecule has 0 bridgehead atoms. The van der Waals surface area contributed by atoms with Crippen molar-refractivity contribution in [3.63, 3.8) is 0 Å². The molecule has 1 saturated carbocycles. The van der Waals surface area contributed by atoms with Crippen LogP contribution in [0.25, 0.3) is 0 Å². The van der Waals surface area contributed by atoms with E-state index in [-0.39, 0.29) is 0 Å². The Hall–Kier alpha value is -0.120. The van der Waals surface area contributed by atoms with E-state index in [0.29, 0.717) is 17.5 Å². The Morgan fingerprint density at radius 1 is 1.22 bits per heavy atom. The standard InChI is InChI=1S/C15H31N3/c1-15(2)8-7-13(16)14(10-15)18-9-5-6-12(11-18)17(3)4/h12-14H,5-11,16H2,1-4H3. The molecule has 1 aliphatic heterocycles. The first kappa shape index (κ1) is 14.3. The minimum absolute atomic E-state index is 0.388. The van der Waals surface area contributed by atoms with Gasteiger partial charge in [-0.1, -0.05) is 13.8 Å². The van der Waals surface area contributed by atoms with Gasteiger partial charge >= 0.3 is 0 Å². The highest BCUT2D eigenvalue weighted by atomic mass is 15.2. The summed E-state index contributed by atoms with van der Waals surface area (Å²) in [7, 11) is 4.41. The van der Waals surface area contributed by atoms with E-state index in [1.165, 1.54) is 45.2 Å². The zero-order valence-corrected chi connectivity index (χ0v) is 12.7. The highest BCUT2D eigenvalue weighted by Gasteiger charge is 2.38. The molecule has 2 aliphatic rings. The predicted molar refractivity (Wildman–Crippen MR) is 77.7 cm³/mol. The van der Waals surface area contributed by atoms with Crippen molar-refractivity contribution < 1.29 is 0 Å². The topological polar surface area (TPSA) is 32.5 Å². The lowest BCUT2D eigenvalue weighted by molar-refractivity contribution is 0.0368. The van der Waals surface area contributed by atoms with E-state index in [2.05, 4.69) is 37.7 Å². The lowest BCUT2D eigenvalue weighted by Crippen LogP contribution is -2.57. The SMILES string of the molecule is CN(C)C1CCCN(C2CC(C)(C)CCC2N)C1. The Morgan fingerprint density at radius 2 is 1.94 bits per heavy atom. The number of likely N-dealkylation sites (tertiary alicyclic amines) is 1. The first-order valence-corrected chi connectivity index (χ1v) is 7.55. The molecule has 0 aromatic rings. The highest BCUT2D eigenvalue weighted by Crippen LogP contribution is 2.37. The van der Waals surface area contributed by atoms with Crippen molar-refractivity contribution >= 4 is 0 Å². The molecule has 2 N–H and O–H groups in total. The fraction of sp³-hybridized carbons (Fsp3) is 1.00. The van der Waals surface area contributed by atoms with Crippen molar-refractivity contribution in [1.82, 2.24) is 9.80 Å². The molecular formula is C15H31N3. The van der Waals surface area contributed by atoms with Crippen LogP contribution in [0, 0.1) is 5.41 Å². The maximum Gasteiger partial charge on any atom is 0.0252 e. The molecule has 2 fully saturated rings. The van der Waals surface area contributed by atoms with Gasteiger partial charge < -0.3 is 10.6 Å². The summed E-state index contributed by atoms with van der Waals surface area (Å²) < 4.78 is 0. The summed E-state index contributed by atoms with van der Waals surface area (Å²) in [6, 6.07) is 1.71. The molecule has 1 aliphatic carbocycles. The number of nitrogens with two attached hydrogens (primary N) is 1. The van der Waals surface area contributed by atoms with Crippen molar-refractivity contribution in [1.29, 1.82) is 0 Å². The van der Waals surface area contributed by atoms with Gasteiger partial charge in [0.15, 0.2) is 0 Å². The van der Waals surface area contributed by atoms with Gasteiger partial charge in [-0.05, 0) is 58.2 Å². The maximum absolute atomic E-state index is 6.40. The van der Waals surface area contributed by atoms with Gasteiger partial charge in [0, 0.05) is 24.7 Å². The molecular weight excluding hydrogens is 222 g/mol.